The van der Waals surface area contributed by atoms with Gasteiger partial charge in [-0.15, -0.1) is 0 Å². The zero-order valence-electron chi connectivity index (χ0n) is 16.5. The number of hydrogen-bond acceptors (Lipinski definition) is 5. The topological polar surface area (TPSA) is 77.6 Å². The fourth-order valence-electron chi connectivity index (χ4n) is 3.09. The summed E-state index contributed by atoms with van der Waals surface area (Å²) in [6.45, 7) is 8.92. The summed E-state index contributed by atoms with van der Waals surface area (Å²) in [5.74, 6) is 0.182. The largest absolute Gasteiger partial charge is 0.322 e. The number of fused-ring (bicyclic) bond motifs is 1. The number of hydrogen-bond donors (Lipinski definition) is 1. The molecule has 0 aliphatic rings. The second-order valence-corrected chi connectivity index (χ2v) is 7.94. The minimum absolute atomic E-state index is 0.182. The fourth-order valence-corrected chi connectivity index (χ4v) is 3.09. The van der Waals surface area contributed by atoms with Crippen molar-refractivity contribution in [2.24, 2.45) is 5.73 Å². The van der Waals surface area contributed by atoms with Gasteiger partial charge in [0.05, 0.1) is 5.69 Å². The first-order valence-corrected chi connectivity index (χ1v) is 9.16. The molecule has 0 fully saturated rings. The third-order valence-corrected chi connectivity index (χ3v) is 4.55. The van der Waals surface area contributed by atoms with E-state index in [-0.39, 0.29) is 5.82 Å². The molecule has 3 aromatic rings. The van der Waals surface area contributed by atoms with Gasteiger partial charge in [0.1, 0.15) is 0 Å². The molecule has 0 aromatic carbocycles. The van der Waals surface area contributed by atoms with Crippen LogP contribution in [0.3, 0.4) is 0 Å². The van der Waals surface area contributed by atoms with Gasteiger partial charge in [-0.25, -0.2) is 14.4 Å². The van der Waals surface area contributed by atoms with Gasteiger partial charge in [-0.1, -0.05) is 6.92 Å². The van der Waals surface area contributed by atoms with Crippen LogP contribution in [0.15, 0.2) is 30.7 Å². The van der Waals surface area contributed by atoms with Crippen molar-refractivity contribution in [1.82, 2.24) is 19.9 Å². The van der Waals surface area contributed by atoms with E-state index in [9.17, 15) is 4.39 Å². The molecule has 142 valence electrons. The summed E-state index contributed by atoms with van der Waals surface area (Å²) < 4.78 is 14.2. The third-order valence-electron chi connectivity index (χ3n) is 4.55. The summed E-state index contributed by atoms with van der Waals surface area (Å²) in [6.07, 6.45) is 6.62. The molecular formula is C21H26FN5. The third kappa shape index (κ3) is 4.11. The molecule has 0 bridgehead atoms. The molecule has 27 heavy (non-hydrogen) atoms. The molecule has 3 aromatic heterocycles. The number of rotatable bonds is 5. The van der Waals surface area contributed by atoms with Gasteiger partial charge in [0.2, 0.25) is 0 Å². The summed E-state index contributed by atoms with van der Waals surface area (Å²) in [6, 6.07) is 3.83. The lowest BCUT2D eigenvalue weighted by atomic mass is 9.91. The number of nitrogens with two attached hydrogens (primary N) is 1. The normalized spacial score (nSPS) is 12.6. The molecule has 2 N–H and O–H groups in total. The van der Waals surface area contributed by atoms with E-state index >= 15 is 0 Å². The number of alkyl halides is 1. The van der Waals surface area contributed by atoms with Crippen LogP contribution < -0.4 is 5.73 Å². The lowest BCUT2D eigenvalue weighted by Crippen LogP contribution is -2.29. The molecule has 0 spiro atoms. The maximum Gasteiger partial charge on any atom is 0.165 e. The van der Waals surface area contributed by atoms with E-state index in [1.54, 1.807) is 12.3 Å². The van der Waals surface area contributed by atoms with Crippen LogP contribution in [-0.4, -0.2) is 19.9 Å². The predicted octanol–water partition coefficient (Wildman–Crippen LogP) is 3.97. The van der Waals surface area contributed by atoms with Crippen molar-refractivity contribution < 1.29 is 4.39 Å². The van der Waals surface area contributed by atoms with Crippen LogP contribution in [0.25, 0.3) is 10.8 Å². The number of pyridine rings is 2. The van der Waals surface area contributed by atoms with Crippen LogP contribution in [0.4, 0.5) is 4.39 Å². The van der Waals surface area contributed by atoms with Gasteiger partial charge in [-0.05, 0) is 57.2 Å². The van der Waals surface area contributed by atoms with Gasteiger partial charge in [-0.3, -0.25) is 9.97 Å². The average molecular weight is 367 g/mol. The van der Waals surface area contributed by atoms with Crippen molar-refractivity contribution in [1.29, 1.82) is 0 Å². The number of halogens is 1. The molecule has 0 amide bonds. The van der Waals surface area contributed by atoms with Crippen molar-refractivity contribution in [3.8, 4) is 0 Å². The highest BCUT2D eigenvalue weighted by molar-refractivity contribution is 5.87. The molecule has 0 atom stereocenters. The first-order valence-electron chi connectivity index (χ1n) is 9.16. The van der Waals surface area contributed by atoms with Crippen molar-refractivity contribution >= 4 is 10.8 Å². The van der Waals surface area contributed by atoms with E-state index in [1.165, 1.54) is 13.8 Å². The maximum atomic E-state index is 14.2. The smallest absolute Gasteiger partial charge is 0.165 e. The Labute approximate surface area is 159 Å². The highest BCUT2D eigenvalue weighted by atomic mass is 19.1. The van der Waals surface area contributed by atoms with E-state index in [1.807, 2.05) is 32.3 Å². The van der Waals surface area contributed by atoms with E-state index in [4.69, 9.17) is 5.73 Å². The van der Waals surface area contributed by atoms with Crippen molar-refractivity contribution in [2.45, 2.75) is 58.7 Å². The molecule has 6 heteroatoms. The zero-order chi connectivity index (χ0) is 19.8. The Bertz CT molecular complexity index is 970. The predicted molar refractivity (Wildman–Crippen MR) is 105 cm³/mol. The molecule has 0 saturated carbocycles. The second-order valence-electron chi connectivity index (χ2n) is 7.94. The summed E-state index contributed by atoms with van der Waals surface area (Å²) in [4.78, 5) is 17.6. The van der Waals surface area contributed by atoms with Gasteiger partial charge in [0.25, 0.3) is 0 Å². The van der Waals surface area contributed by atoms with Crippen LogP contribution in [0.2, 0.25) is 0 Å². The Balaban J connectivity index is 2.06. The van der Waals surface area contributed by atoms with Crippen LogP contribution in [0.5, 0.6) is 0 Å². The lowest BCUT2D eigenvalue weighted by Gasteiger charge is -2.22. The van der Waals surface area contributed by atoms with E-state index in [2.05, 4.69) is 26.9 Å². The molecule has 0 aliphatic heterocycles. The molecule has 0 unspecified atom stereocenters. The average Bonchev–Trinajstić information content (AvgIpc) is 2.59. The van der Waals surface area contributed by atoms with E-state index in [0.717, 1.165) is 39.8 Å². The number of aryl methyl sites for hydroxylation is 1. The van der Waals surface area contributed by atoms with Crippen LogP contribution >= 0.6 is 0 Å². The Morgan fingerprint density at radius 3 is 2.37 bits per heavy atom. The van der Waals surface area contributed by atoms with Crippen molar-refractivity contribution in [3.63, 3.8) is 0 Å². The first-order chi connectivity index (χ1) is 12.6. The quantitative estimate of drug-likeness (QED) is 0.738. The molecule has 3 rings (SSSR count). The van der Waals surface area contributed by atoms with Crippen molar-refractivity contribution in [2.75, 3.05) is 0 Å². The number of nitrogens with zero attached hydrogens (tertiary/aromatic N) is 4. The first kappa shape index (κ1) is 19.3. The molecular weight excluding hydrogens is 341 g/mol. The Morgan fingerprint density at radius 1 is 1.00 bits per heavy atom. The standard InChI is InChI=1S/C21H26FN5/c1-6-18-16-11-25-14(10-15(16)17(12-26-18)21(4,5)23)9-13-7-8-24-19(27-13)20(2,3)22/h7-8,10-12H,6,9,23H2,1-5H3. The summed E-state index contributed by atoms with van der Waals surface area (Å²) in [5, 5.41) is 2.07. The highest BCUT2D eigenvalue weighted by Crippen LogP contribution is 2.29. The van der Waals surface area contributed by atoms with E-state index in [0.29, 0.717) is 6.42 Å². The molecule has 0 saturated heterocycles. The molecule has 0 radical (unpaired) electrons. The van der Waals surface area contributed by atoms with Crippen molar-refractivity contribution in [3.05, 3.63) is 59.2 Å². The summed E-state index contributed by atoms with van der Waals surface area (Å²) in [5.41, 5.74) is 7.83. The van der Waals surface area contributed by atoms with Gasteiger partial charge >= 0.3 is 0 Å². The van der Waals surface area contributed by atoms with Gasteiger partial charge < -0.3 is 5.73 Å². The molecule has 3 heterocycles. The van der Waals surface area contributed by atoms with Gasteiger partial charge in [0.15, 0.2) is 11.5 Å². The summed E-state index contributed by atoms with van der Waals surface area (Å²) >= 11 is 0. The minimum Gasteiger partial charge on any atom is -0.322 e. The van der Waals surface area contributed by atoms with E-state index < -0.39 is 11.2 Å². The van der Waals surface area contributed by atoms with Gasteiger partial charge in [0, 0.05) is 47.3 Å². The van der Waals surface area contributed by atoms with Crippen LogP contribution in [0.1, 0.15) is 63.1 Å². The zero-order valence-corrected chi connectivity index (χ0v) is 16.5. The summed E-state index contributed by atoms with van der Waals surface area (Å²) in [7, 11) is 0. The van der Waals surface area contributed by atoms with Crippen LogP contribution in [0, 0.1) is 0 Å². The maximum absolute atomic E-state index is 14.2. The highest BCUT2D eigenvalue weighted by Gasteiger charge is 2.23. The molecule has 0 aliphatic carbocycles. The monoisotopic (exact) mass is 367 g/mol. The Morgan fingerprint density at radius 2 is 1.74 bits per heavy atom. The fraction of sp³-hybridized carbons (Fsp3) is 0.429. The van der Waals surface area contributed by atoms with Crippen LogP contribution in [-0.2, 0) is 24.0 Å². The minimum atomic E-state index is -1.58. The Kier molecular flexibility index (Phi) is 4.95. The second kappa shape index (κ2) is 6.93. The Hall–Kier alpha value is -2.47. The van der Waals surface area contributed by atoms with Gasteiger partial charge in [-0.2, -0.15) is 0 Å². The molecule has 5 nitrogen and oxygen atoms in total. The number of aromatic nitrogens is 4. The lowest BCUT2D eigenvalue weighted by molar-refractivity contribution is 0.206. The SMILES string of the molecule is CCc1ncc(C(C)(C)N)c2cc(Cc3ccnc(C(C)(C)F)n3)ncc12.